The molecule has 2 heterocycles. The fourth-order valence-electron chi connectivity index (χ4n) is 3.91. The number of hydrogen-bond acceptors (Lipinski definition) is 4. The molecule has 0 aromatic heterocycles. The van der Waals surface area contributed by atoms with Crippen LogP contribution in [-0.2, 0) is 14.3 Å². The fraction of sp³-hybridized carbons (Fsp3) is 0.375. The average molecular weight is 440 g/mol. The van der Waals surface area contributed by atoms with E-state index in [1.165, 1.54) is 19.3 Å². The standard InChI is InChI=1S/C24H26ClN3O3/c25-19-7-4-6-17(14-19)15-22-24(30)27-20-16-18(8-9-21(20)31-22)23(29)26-10-5-13-28-11-2-1-3-12-28/h4,6-9,14-16,21H,1-3,5,10-13H2,(H,26,29)/b22-15+. The molecule has 0 spiro atoms. The van der Waals surface area contributed by atoms with Gasteiger partial charge in [0.05, 0.1) is 5.71 Å². The predicted molar refractivity (Wildman–Crippen MR) is 122 cm³/mol. The summed E-state index contributed by atoms with van der Waals surface area (Å²) < 4.78 is 5.81. The largest absolute Gasteiger partial charge is 0.474 e. The first kappa shape index (κ1) is 21.5. The Hall–Kier alpha value is -2.70. The van der Waals surface area contributed by atoms with Crippen LogP contribution in [0.2, 0.25) is 5.02 Å². The van der Waals surface area contributed by atoms with Crippen molar-refractivity contribution in [3.63, 3.8) is 0 Å². The van der Waals surface area contributed by atoms with Crippen molar-refractivity contribution in [3.8, 4) is 0 Å². The summed E-state index contributed by atoms with van der Waals surface area (Å²) in [6, 6.07) is 7.14. The Balaban J connectivity index is 1.34. The van der Waals surface area contributed by atoms with E-state index in [9.17, 15) is 9.59 Å². The molecule has 2 amide bonds. The summed E-state index contributed by atoms with van der Waals surface area (Å²) in [5, 5.41) is 3.53. The second-order valence-corrected chi connectivity index (χ2v) is 8.35. The Morgan fingerprint density at radius 3 is 2.94 bits per heavy atom. The number of fused-ring (bicyclic) bond motifs is 1. The van der Waals surface area contributed by atoms with Crippen molar-refractivity contribution >= 4 is 35.2 Å². The van der Waals surface area contributed by atoms with Crippen molar-refractivity contribution in [3.05, 3.63) is 64.4 Å². The summed E-state index contributed by atoms with van der Waals surface area (Å²) >= 11 is 6.00. The highest BCUT2D eigenvalue weighted by Crippen LogP contribution is 2.23. The molecular formula is C24H26ClN3O3. The lowest BCUT2D eigenvalue weighted by Crippen LogP contribution is -2.35. The number of benzene rings is 1. The monoisotopic (exact) mass is 439 g/mol. The van der Waals surface area contributed by atoms with Crippen molar-refractivity contribution < 1.29 is 14.3 Å². The summed E-state index contributed by atoms with van der Waals surface area (Å²) in [4.78, 5) is 31.5. The molecule has 7 heteroatoms. The van der Waals surface area contributed by atoms with Crippen molar-refractivity contribution in [2.24, 2.45) is 4.99 Å². The van der Waals surface area contributed by atoms with Gasteiger partial charge in [-0.15, -0.1) is 0 Å². The van der Waals surface area contributed by atoms with E-state index in [-0.39, 0.29) is 11.7 Å². The van der Waals surface area contributed by atoms with Gasteiger partial charge in [-0.25, -0.2) is 4.99 Å². The van der Waals surface area contributed by atoms with E-state index in [0.29, 0.717) is 22.9 Å². The average Bonchev–Trinajstić information content (AvgIpc) is 2.77. The molecule has 1 aromatic rings. The maximum absolute atomic E-state index is 12.5. The smallest absolute Gasteiger partial charge is 0.312 e. The predicted octanol–water partition coefficient (Wildman–Crippen LogP) is 3.54. The minimum atomic E-state index is -0.487. The van der Waals surface area contributed by atoms with Crippen LogP contribution in [0.15, 0.2) is 58.8 Å². The van der Waals surface area contributed by atoms with Crippen LogP contribution < -0.4 is 5.32 Å². The van der Waals surface area contributed by atoms with Crippen LogP contribution in [0.5, 0.6) is 0 Å². The van der Waals surface area contributed by atoms with Crippen LogP contribution in [0, 0.1) is 0 Å². The Morgan fingerprint density at radius 1 is 1.29 bits per heavy atom. The van der Waals surface area contributed by atoms with Gasteiger partial charge in [-0.1, -0.05) is 30.2 Å². The minimum absolute atomic E-state index is 0.152. The van der Waals surface area contributed by atoms with Crippen LogP contribution >= 0.6 is 11.6 Å². The molecule has 0 bridgehead atoms. The highest BCUT2D eigenvalue weighted by atomic mass is 35.5. The molecule has 1 N–H and O–H groups in total. The van der Waals surface area contributed by atoms with E-state index in [1.807, 2.05) is 6.07 Å². The Kier molecular flexibility index (Phi) is 6.99. The summed E-state index contributed by atoms with van der Waals surface area (Å²) in [5.41, 5.74) is 1.68. The Bertz CT molecular complexity index is 974. The van der Waals surface area contributed by atoms with Gasteiger partial charge >= 0.3 is 5.91 Å². The zero-order chi connectivity index (χ0) is 21.6. The van der Waals surface area contributed by atoms with E-state index < -0.39 is 12.0 Å². The lowest BCUT2D eigenvalue weighted by molar-refractivity contribution is -0.119. The number of nitrogens with one attached hydrogen (secondary N) is 1. The number of halogens is 1. The van der Waals surface area contributed by atoms with Gasteiger partial charge in [0.2, 0.25) is 0 Å². The topological polar surface area (TPSA) is 71.0 Å². The first-order chi connectivity index (χ1) is 15.1. The van der Waals surface area contributed by atoms with E-state index >= 15 is 0 Å². The van der Waals surface area contributed by atoms with Gasteiger partial charge in [0.1, 0.15) is 0 Å². The van der Waals surface area contributed by atoms with Crippen molar-refractivity contribution in [2.75, 3.05) is 26.2 Å². The van der Waals surface area contributed by atoms with Crippen LogP contribution in [0.1, 0.15) is 31.2 Å². The normalized spacial score (nSPS) is 22.4. The van der Waals surface area contributed by atoms with Gasteiger partial charge < -0.3 is 15.0 Å². The van der Waals surface area contributed by atoms with Crippen molar-refractivity contribution in [2.45, 2.75) is 31.8 Å². The van der Waals surface area contributed by atoms with E-state index in [0.717, 1.165) is 31.6 Å². The molecular weight excluding hydrogens is 414 g/mol. The maximum Gasteiger partial charge on any atom is 0.312 e. The van der Waals surface area contributed by atoms with Gasteiger partial charge in [-0.3, -0.25) is 9.59 Å². The molecule has 1 atom stereocenters. The van der Waals surface area contributed by atoms with Crippen molar-refractivity contribution in [1.82, 2.24) is 10.2 Å². The maximum atomic E-state index is 12.5. The first-order valence-corrected chi connectivity index (χ1v) is 11.1. The van der Waals surface area contributed by atoms with E-state index in [4.69, 9.17) is 16.3 Å². The summed E-state index contributed by atoms with van der Waals surface area (Å²) in [7, 11) is 0. The van der Waals surface area contributed by atoms with Crippen LogP contribution in [-0.4, -0.2) is 54.7 Å². The molecule has 0 radical (unpaired) electrons. The van der Waals surface area contributed by atoms with Gasteiger partial charge in [0.15, 0.2) is 11.9 Å². The molecule has 1 unspecified atom stereocenters. The lowest BCUT2D eigenvalue weighted by atomic mass is 10.0. The lowest BCUT2D eigenvalue weighted by Gasteiger charge is -2.26. The number of likely N-dealkylation sites (tertiary alicyclic amines) is 1. The van der Waals surface area contributed by atoms with Gasteiger partial charge in [-0.2, -0.15) is 0 Å². The minimum Gasteiger partial charge on any atom is -0.474 e. The molecule has 1 saturated heterocycles. The molecule has 3 aliphatic rings. The van der Waals surface area contributed by atoms with Crippen LogP contribution in [0.4, 0.5) is 0 Å². The summed E-state index contributed by atoms with van der Waals surface area (Å²) in [6.45, 7) is 3.95. The number of piperidine rings is 1. The highest BCUT2D eigenvalue weighted by Gasteiger charge is 2.29. The quantitative estimate of drug-likeness (QED) is 0.543. The number of aliphatic imine (C=N–C) groups is 1. The molecule has 1 fully saturated rings. The number of nitrogens with zero attached hydrogens (tertiary/aromatic N) is 2. The zero-order valence-electron chi connectivity index (χ0n) is 17.4. The highest BCUT2D eigenvalue weighted by molar-refractivity contribution is 6.30. The van der Waals surface area contributed by atoms with Gasteiger partial charge in [-0.05, 0) is 80.9 Å². The number of carbonyl (C=O) groups is 2. The first-order valence-electron chi connectivity index (χ1n) is 10.8. The molecule has 0 saturated carbocycles. The van der Waals surface area contributed by atoms with Gasteiger partial charge in [0.25, 0.3) is 5.91 Å². The number of rotatable bonds is 6. The number of hydrogen-bond donors (Lipinski definition) is 1. The van der Waals surface area contributed by atoms with Gasteiger partial charge in [0, 0.05) is 17.1 Å². The second kappa shape index (κ2) is 10.1. The molecule has 6 nitrogen and oxygen atoms in total. The fourth-order valence-corrected chi connectivity index (χ4v) is 4.11. The number of amides is 2. The molecule has 162 valence electrons. The summed E-state index contributed by atoms with van der Waals surface area (Å²) in [5.74, 6) is -0.484. The van der Waals surface area contributed by atoms with E-state index in [1.54, 1.807) is 42.5 Å². The zero-order valence-corrected chi connectivity index (χ0v) is 18.1. The third-order valence-electron chi connectivity index (χ3n) is 5.53. The van der Waals surface area contributed by atoms with Crippen LogP contribution in [0.3, 0.4) is 0 Å². The third-order valence-corrected chi connectivity index (χ3v) is 5.77. The third kappa shape index (κ3) is 5.71. The van der Waals surface area contributed by atoms with E-state index in [2.05, 4.69) is 15.2 Å². The summed E-state index contributed by atoms with van der Waals surface area (Å²) in [6.07, 6.45) is 11.0. The Morgan fingerprint density at radius 2 is 2.13 bits per heavy atom. The van der Waals surface area contributed by atoms with Crippen LogP contribution in [0.25, 0.3) is 6.08 Å². The molecule has 1 aliphatic carbocycles. The Labute approximate surface area is 187 Å². The van der Waals surface area contributed by atoms with Crippen molar-refractivity contribution in [1.29, 1.82) is 0 Å². The molecule has 2 aliphatic heterocycles. The molecule has 31 heavy (non-hydrogen) atoms. The second-order valence-electron chi connectivity index (χ2n) is 7.91. The SMILES string of the molecule is O=C(NCCCN1CCCCC1)C1=CC2=NC(=O)/C(=C\c3cccc(Cl)c3)OC2C=C1. The molecule has 4 rings (SSSR count). The number of ether oxygens (including phenoxy) is 1. The number of carbonyl (C=O) groups excluding carboxylic acids is 2. The molecule has 1 aromatic carbocycles.